The molecule has 0 atom stereocenters. The van der Waals surface area contributed by atoms with Gasteiger partial charge in [0.25, 0.3) is 5.91 Å². The number of nitrogens with zero attached hydrogens (tertiary/aromatic N) is 2. The first kappa shape index (κ1) is 16.6. The lowest BCUT2D eigenvalue weighted by Crippen LogP contribution is -2.36. The van der Waals surface area contributed by atoms with Crippen molar-refractivity contribution in [3.05, 3.63) is 18.0 Å². The number of nitrogens with two attached hydrogens (primary N) is 1. The van der Waals surface area contributed by atoms with Crippen LogP contribution in [-0.4, -0.2) is 41.6 Å². The van der Waals surface area contributed by atoms with Crippen molar-refractivity contribution in [3.8, 4) is 0 Å². The number of nitrogen functional groups attached to an aromatic ring is 1. The molecule has 114 valence electrons. The molecular formula is C15H28N4O. The first-order valence-corrected chi connectivity index (χ1v) is 7.47. The van der Waals surface area contributed by atoms with E-state index in [0.29, 0.717) is 17.9 Å². The Kier molecular flexibility index (Phi) is 6.58. The fourth-order valence-corrected chi connectivity index (χ4v) is 2.27. The summed E-state index contributed by atoms with van der Waals surface area (Å²) in [6.07, 6.45) is 2.95. The molecule has 1 heterocycles. The maximum absolute atomic E-state index is 12.2. The molecule has 0 saturated heterocycles. The zero-order chi connectivity index (χ0) is 15.1. The normalized spacial score (nSPS) is 11.3. The second-order valence-electron chi connectivity index (χ2n) is 5.35. The van der Waals surface area contributed by atoms with Gasteiger partial charge < -0.3 is 20.5 Å². The summed E-state index contributed by atoms with van der Waals surface area (Å²) in [7, 11) is 0. The number of hydrogen-bond donors (Lipinski definition) is 2. The van der Waals surface area contributed by atoms with Crippen LogP contribution in [0.3, 0.4) is 0 Å². The van der Waals surface area contributed by atoms with E-state index in [-0.39, 0.29) is 11.9 Å². The van der Waals surface area contributed by atoms with E-state index in [1.165, 1.54) is 0 Å². The second kappa shape index (κ2) is 7.94. The smallest absolute Gasteiger partial charge is 0.268 e. The summed E-state index contributed by atoms with van der Waals surface area (Å²) in [6, 6.07) is 1.96. The van der Waals surface area contributed by atoms with Crippen LogP contribution in [0.25, 0.3) is 0 Å². The summed E-state index contributed by atoms with van der Waals surface area (Å²) in [6.45, 7) is 12.0. The van der Waals surface area contributed by atoms with Crippen molar-refractivity contribution < 1.29 is 4.79 Å². The van der Waals surface area contributed by atoms with Crippen molar-refractivity contribution in [2.75, 3.05) is 31.9 Å². The minimum absolute atomic E-state index is 0.0528. The van der Waals surface area contributed by atoms with Crippen LogP contribution in [-0.2, 0) is 0 Å². The van der Waals surface area contributed by atoms with E-state index in [1.54, 1.807) is 6.07 Å². The predicted molar refractivity (Wildman–Crippen MR) is 84.0 cm³/mol. The highest BCUT2D eigenvalue weighted by atomic mass is 16.1. The minimum Gasteiger partial charge on any atom is -0.397 e. The van der Waals surface area contributed by atoms with Crippen molar-refractivity contribution in [1.82, 2.24) is 14.8 Å². The average Bonchev–Trinajstić information content (AvgIpc) is 2.80. The molecule has 0 aliphatic carbocycles. The highest BCUT2D eigenvalue weighted by Gasteiger charge is 2.14. The van der Waals surface area contributed by atoms with Gasteiger partial charge in [0.2, 0.25) is 0 Å². The lowest BCUT2D eigenvalue weighted by molar-refractivity contribution is 0.0938. The van der Waals surface area contributed by atoms with E-state index in [2.05, 4.69) is 24.1 Å². The topological polar surface area (TPSA) is 63.3 Å². The Balaban J connectivity index is 2.55. The standard InChI is InChI=1S/C15H28N4O/c1-5-8-18(6-2)9-7-17-15(20)14-10-13(16)11-19(14)12(3)4/h10-12H,5-9,16H2,1-4H3,(H,17,20). The summed E-state index contributed by atoms with van der Waals surface area (Å²) in [5, 5.41) is 2.97. The maximum Gasteiger partial charge on any atom is 0.268 e. The number of hydrogen-bond acceptors (Lipinski definition) is 3. The highest BCUT2D eigenvalue weighted by Crippen LogP contribution is 2.16. The Bertz CT molecular complexity index is 426. The van der Waals surface area contributed by atoms with E-state index < -0.39 is 0 Å². The molecule has 1 aromatic heterocycles. The van der Waals surface area contributed by atoms with Crippen LogP contribution in [0, 0.1) is 0 Å². The second-order valence-corrected chi connectivity index (χ2v) is 5.35. The van der Waals surface area contributed by atoms with Crippen molar-refractivity contribution in [2.24, 2.45) is 0 Å². The van der Waals surface area contributed by atoms with Gasteiger partial charge in [0.05, 0.1) is 5.69 Å². The monoisotopic (exact) mass is 280 g/mol. The van der Waals surface area contributed by atoms with E-state index in [1.807, 2.05) is 24.6 Å². The molecule has 1 rings (SSSR count). The lowest BCUT2D eigenvalue weighted by atomic mass is 10.3. The molecule has 0 radical (unpaired) electrons. The zero-order valence-corrected chi connectivity index (χ0v) is 13.1. The van der Waals surface area contributed by atoms with Crippen LogP contribution >= 0.6 is 0 Å². The van der Waals surface area contributed by atoms with Gasteiger partial charge >= 0.3 is 0 Å². The number of carbonyl (C=O) groups is 1. The van der Waals surface area contributed by atoms with Gasteiger partial charge in [-0.15, -0.1) is 0 Å². The number of nitrogens with one attached hydrogen (secondary N) is 1. The third-order valence-corrected chi connectivity index (χ3v) is 3.36. The number of aromatic nitrogens is 1. The third-order valence-electron chi connectivity index (χ3n) is 3.36. The molecule has 0 unspecified atom stereocenters. The fraction of sp³-hybridized carbons (Fsp3) is 0.667. The summed E-state index contributed by atoms with van der Waals surface area (Å²) in [5.74, 6) is -0.0528. The molecule has 0 bridgehead atoms. The largest absolute Gasteiger partial charge is 0.397 e. The number of rotatable bonds is 8. The van der Waals surface area contributed by atoms with Crippen LogP contribution < -0.4 is 11.1 Å². The number of carbonyl (C=O) groups excluding carboxylic acids is 1. The van der Waals surface area contributed by atoms with Crippen LogP contribution in [0.15, 0.2) is 12.3 Å². The molecule has 20 heavy (non-hydrogen) atoms. The fourth-order valence-electron chi connectivity index (χ4n) is 2.27. The Morgan fingerprint density at radius 2 is 2.10 bits per heavy atom. The molecule has 1 aromatic rings. The van der Waals surface area contributed by atoms with Crippen LogP contribution in [0.2, 0.25) is 0 Å². The molecule has 1 amide bonds. The SMILES string of the molecule is CCCN(CC)CCNC(=O)c1cc(N)cn1C(C)C. The number of amides is 1. The Morgan fingerprint density at radius 3 is 2.65 bits per heavy atom. The number of likely N-dealkylation sites (N-methyl/N-ethyl adjacent to an activating group) is 1. The summed E-state index contributed by atoms with van der Waals surface area (Å²) < 4.78 is 1.91. The molecule has 5 heteroatoms. The Labute approximate surface area is 122 Å². The summed E-state index contributed by atoms with van der Waals surface area (Å²) in [5.41, 5.74) is 7.05. The van der Waals surface area contributed by atoms with E-state index in [9.17, 15) is 4.79 Å². The van der Waals surface area contributed by atoms with Gasteiger partial charge in [-0.25, -0.2) is 0 Å². The molecule has 0 aromatic carbocycles. The van der Waals surface area contributed by atoms with Gasteiger partial charge in [0.1, 0.15) is 5.69 Å². The first-order chi connectivity index (χ1) is 9.49. The molecule has 0 spiro atoms. The van der Waals surface area contributed by atoms with Gasteiger partial charge in [0, 0.05) is 25.3 Å². The highest BCUT2D eigenvalue weighted by molar-refractivity contribution is 5.93. The zero-order valence-electron chi connectivity index (χ0n) is 13.1. The van der Waals surface area contributed by atoms with E-state index in [4.69, 9.17) is 5.73 Å². The lowest BCUT2D eigenvalue weighted by Gasteiger charge is -2.19. The number of anilines is 1. The minimum atomic E-state index is -0.0528. The van der Waals surface area contributed by atoms with Crippen LogP contribution in [0.5, 0.6) is 0 Å². The van der Waals surface area contributed by atoms with Gasteiger partial charge in [-0.2, -0.15) is 0 Å². The van der Waals surface area contributed by atoms with Crippen molar-refractivity contribution in [3.63, 3.8) is 0 Å². The molecule has 3 N–H and O–H groups in total. The van der Waals surface area contributed by atoms with Gasteiger partial charge in [-0.05, 0) is 39.4 Å². The third kappa shape index (κ3) is 4.56. The quantitative estimate of drug-likeness (QED) is 0.766. The van der Waals surface area contributed by atoms with E-state index in [0.717, 1.165) is 26.1 Å². The molecule has 5 nitrogen and oxygen atoms in total. The van der Waals surface area contributed by atoms with Crippen molar-refractivity contribution in [1.29, 1.82) is 0 Å². The Hall–Kier alpha value is -1.49. The summed E-state index contributed by atoms with van der Waals surface area (Å²) >= 11 is 0. The van der Waals surface area contributed by atoms with Gasteiger partial charge in [-0.1, -0.05) is 13.8 Å². The predicted octanol–water partition coefficient (Wildman–Crippen LogP) is 2.11. The van der Waals surface area contributed by atoms with Crippen molar-refractivity contribution >= 4 is 11.6 Å². The van der Waals surface area contributed by atoms with Gasteiger partial charge in [0.15, 0.2) is 0 Å². The van der Waals surface area contributed by atoms with E-state index >= 15 is 0 Å². The molecule has 0 aliphatic heterocycles. The molecular weight excluding hydrogens is 252 g/mol. The Morgan fingerprint density at radius 1 is 1.40 bits per heavy atom. The van der Waals surface area contributed by atoms with Gasteiger partial charge in [-0.3, -0.25) is 4.79 Å². The summed E-state index contributed by atoms with van der Waals surface area (Å²) in [4.78, 5) is 14.5. The molecule has 0 saturated carbocycles. The van der Waals surface area contributed by atoms with Crippen LogP contribution in [0.1, 0.15) is 50.6 Å². The van der Waals surface area contributed by atoms with Crippen molar-refractivity contribution in [2.45, 2.75) is 40.2 Å². The molecule has 0 aliphatic rings. The average molecular weight is 280 g/mol. The van der Waals surface area contributed by atoms with Crippen LogP contribution in [0.4, 0.5) is 5.69 Å². The maximum atomic E-state index is 12.2. The molecule has 0 fully saturated rings. The first-order valence-electron chi connectivity index (χ1n) is 7.47.